The molecular weight excluding hydrogens is 352 g/mol. The number of rotatable bonds is 8. The molecule has 2 N–H and O–H groups in total. The van der Waals surface area contributed by atoms with Crippen molar-refractivity contribution < 1.29 is 28.5 Å². The second-order valence-corrected chi connectivity index (χ2v) is 5.40. The van der Waals surface area contributed by atoms with E-state index in [-0.39, 0.29) is 6.54 Å². The summed E-state index contributed by atoms with van der Waals surface area (Å²) in [5, 5.41) is 5.24. The number of nitrogens with one attached hydrogen (secondary N) is 2. The van der Waals surface area contributed by atoms with Crippen LogP contribution in [0, 0.1) is 0 Å². The van der Waals surface area contributed by atoms with Crippen LogP contribution in [0.1, 0.15) is 10.4 Å². The Morgan fingerprint density at radius 3 is 2.00 bits per heavy atom. The quantitative estimate of drug-likeness (QED) is 0.735. The summed E-state index contributed by atoms with van der Waals surface area (Å²) in [5.41, 5.74) is 0.793. The van der Waals surface area contributed by atoms with E-state index in [1.54, 1.807) is 36.4 Å². The van der Waals surface area contributed by atoms with E-state index in [1.165, 1.54) is 28.4 Å². The summed E-state index contributed by atoms with van der Waals surface area (Å²) in [6.07, 6.45) is 0. The molecule has 2 rings (SSSR count). The van der Waals surface area contributed by atoms with Crippen LogP contribution in [0.5, 0.6) is 23.0 Å². The molecule has 0 aliphatic carbocycles. The minimum absolute atomic E-state index is 0.215. The lowest BCUT2D eigenvalue weighted by atomic mass is 10.2. The van der Waals surface area contributed by atoms with E-state index in [9.17, 15) is 9.59 Å². The second kappa shape index (κ2) is 9.33. The molecule has 0 unspecified atom stereocenters. The smallest absolute Gasteiger partial charge is 0.251 e. The van der Waals surface area contributed by atoms with Crippen LogP contribution in [0.3, 0.4) is 0 Å². The maximum absolute atomic E-state index is 12.3. The highest BCUT2D eigenvalue weighted by molar-refractivity contribution is 6.00. The summed E-state index contributed by atoms with van der Waals surface area (Å²) in [6, 6.07) is 9.77. The van der Waals surface area contributed by atoms with Crippen molar-refractivity contribution in [2.75, 3.05) is 40.3 Å². The van der Waals surface area contributed by atoms with Crippen LogP contribution in [0.2, 0.25) is 0 Å². The first-order valence-corrected chi connectivity index (χ1v) is 8.03. The molecule has 0 fully saturated rings. The van der Waals surface area contributed by atoms with Crippen molar-refractivity contribution in [1.82, 2.24) is 5.32 Å². The van der Waals surface area contributed by atoms with E-state index >= 15 is 0 Å². The topological polar surface area (TPSA) is 95.1 Å². The number of methoxy groups -OCH3 is 4. The summed E-state index contributed by atoms with van der Waals surface area (Å²) >= 11 is 0. The summed E-state index contributed by atoms with van der Waals surface area (Å²) < 4.78 is 20.6. The van der Waals surface area contributed by atoms with Crippen molar-refractivity contribution in [3.05, 3.63) is 42.0 Å². The average molecular weight is 374 g/mol. The maximum atomic E-state index is 12.3. The fraction of sp³-hybridized carbons (Fsp3) is 0.263. The molecule has 0 saturated carbocycles. The largest absolute Gasteiger partial charge is 0.497 e. The standard InChI is InChI=1S/C19H22N2O6/c1-24-13-5-6-16(17(10-13)27-4)21-18(22)11-20-19(23)12-7-14(25-2)9-15(8-12)26-3/h5-10H,11H2,1-4H3,(H,20,23)(H,21,22). The van der Waals surface area contributed by atoms with Crippen LogP contribution in [0.4, 0.5) is 5.69 Å². The number of anilines is 1. The molecular formula is C19H22N2O6. The minimum atomic E-state index is -0.427. The zero-order chi connectivity index (χ0) is 19.8. The molecule has 0 aliphatic rings. The van der Waals surface area contributed by atoms with E-state index < -0.39 is 11.8 Å². The summed E-state index contributed by atoms with van der Waals surface area (Å²) in [4.78, 5) is 24.5. The summed E-state index contributed by atoms with van der Waals surface area (Å²) in [7, 11) is 6.01. The lowest BCUT2D eigenvalue weighted by Crippen LogP contribution is -2.33. The number of hydrogen-bond donors (Lipinski definition) is 2. The molecule has 0 radical (unpaired) electrons. The molecule has 0 saturated heterocycles. The van der Waals surface area contributed by atoms with Crippen molar-refractivity contribution in [2.24, 2.45) is 0 Å². The molecule has 0 spiro atoms. The summed E-state index contributed by atoms with van der Waals surface area (Å²) in [6.45, 7) is -0.215. The van der Waals surface area contributed by atoms with Crippen LogP contribution in [-0.2, 0) is 4.79 Å². The third-order valence-electron chi connectivity index (χ3n) is 3.71. The number of ether oxygens (including phenoxy) is 4. The van der Waals surface area contributed by atoms with Gasteiger partial charge in [0.1, 0.15) is 23.0 Å². The molecule has 0 aromatic heterocycles. The monoisotopic (exact) mass is 374 g/mol. The lowest BCUT2D eigenvalue weighted by molar-refractivity contribution is -0.115. The van der Waals surface area contributed by atoms with Gasteiger partial charge in [-0.15, -0.1) is 0 Å². The van der Waals surface area contributed by atoms with Crippen LogP contribution >= 0.6 is 0 Å². The van der Waals surface area contributed by atoms with Gasteiger partial charge in [-0.25, -0.2) is 0 Å². The molecule has 2 aromatic rings. The normalized spacial score (nSPS) is 9.93. The molecule has 0 bridgehead atoms. The van der Waals surface area contributed by atoms with Gasteiger partial charge in [-0.1, -0.05) is 0 Å². The van der Waals surface area contributed by atoms with E-state index in [4.69, 9.17) is 18.9 Å². The van der Waals surface area contributed by atoms with Crippen LogP contribution in [0.15, 0.2) is 36.4 Å². The zero-order valence-corrected chi connectivity index (χ0v) is 15.6. The first kappa shape index (κ1) is 19.9. The van der Waals surface area contributed by atoms with E-state index in [0.717, 1.165) is 0 Å². The number of carbonyl (C=O) groups is 2. The van der Waals surface area contributed by atoms with Gasteiger partial charge in [0.05, 0.1) is 40.7 Å². The SMILES string of the molecule is COc1cc(OC)cc(C(=O)NCC(=O)Nc2ccc(OC)cc2OC)c1. The Hall–Kier alpha value is -3.42. The van der Waals surface area contributed by atoms with Crippen molar-refractivity contribution in [3.63, 3.8) is 0 Å². The van der Waals surface area contributed by atoms with Gasteiger partial charge in [0.2, 0.25) is 5.91 Å². The van der Waals surface area contributed by atoms with Crippen LogP contribution in [0.25, 0.3) is 0 Å². The van der Waals surface area contributed by atoms with Crippen molar-refractivity contribution in [1.29, 1.82) is 0 Å². The van der Waals surface area contributed by atoms with E-state index in [2.05, 4.69) is 10.6 Å². The molecule has 8 heteroatoms. The highest BCUT2D eigenvalue weighted by Crippen LogP contribution is 2.28. The third kappa shape index (κ3) is 5.27. The predicted octanol–water partition coefficient (Wildman–Crippen LogP) is 2.09. The van der Waals surface area contributed by atoms with E-state index in [1.807, 2.05) is 0 Å². The van der Waals surface area contributed by atoms with Crippen molar-refractivity contribution in [2.45, 2.75) is 0 Å². The minimum Gasteiger partial charge on any atom is -0.497 e. The Kier molecular flexibility index (Phi) is 6.87. The Morgan fingerprint density at radius 1 is 0.815 bits per heavy atom. The summed E-state index contributed by atoms with van der Waals surface area (Å²) in [5.74, 6) is 1.18. The number of carbonyl (C=O) groups excluding carboxylic acids is 2. The Bertz CT molecular complexity index is 800. The highest BCUT2D eigenvalue weighted by Gasteiger charge is 2.13. The first-order chi connectivity index (χ1) is 13.0. The molecule has 2 aromatic carbocycles. The second-order valence-electron chi connectivity index (χ2n) is 5.40. The molecule has 0 heterocycles. The van der Waals surface area contributed by atoms with Gasteiger partial charge in [-0.2, -0.15) is 0 Å². The maximum Gasteiger partial charge on any atom is 0.251 e. The molecule has 0 atom stereocenters. The lowest BCUT2D eigenvalue weighted by Gasteiger charge is -2.12. The van der Waals surface area contributed by atoms with Gasteiger partial charge in [-0.05, 0) is 24.3 Å². The molecule has 0 aliphatic heterocycles. The van der Waals surface area contributed by atoms with Crippen LogP contribution in [-0.4, -0.2) is 46.8 Å². The Balaban J connectivity index is 2.00. The number of amides is 2. The van der Waals surface area contributed by atoms with Gasteiger partial charge in [0.25, 0.3) is 5.91 Å². The fourth-order valence-electron chi connectivity index (χ4n) is 2.30. The van der Waals surface area contributed by atoms with Gasteiger partial charge < -0.3 is 29.6 Å². The van der Waals surface area contributed by atoms with Crippen molar-refractivity contribution >= 4 is 17.5 Å². The molecule has 27 heavy (non-hydrogen) atoms. The number of hydrogen-bond acceptors (Lipinski definition) is 6. The molecule has 2 amide bonds. The van der Waals surface area contributed by atoms with E-state index in [0.29, 0.717) is 34.2 Å². The highest BCUT2D eigenvalue weighted by atomic mass is 16.5. The van der Waals surface area contributed by atoms with Crippen LogP contribution < -0.4 is 29.6 Å². The third-order valence-corrected chi connectivity index (χ3v) is 3.71. The Morgan fingerprint density at radius 2 is 1.44 bits per heavy atom. The van der Waals surface area contributed by atoms with Gasteiger partial charge >= 0.3 is 0 Å². The fourth-order valence-corrected chi connectivity index (χ4v) is 2.30. The number of benzene rings is 2. The van der Waals surface area contributed by atoms with Gasteiger partial charge in [0.15, 0.2) is 0 Å². The van der Waals surface area contributed by atoms with Gasteiger partial charge in [-0.3, -0.25) is 9.59 Å². The predicted molar refractivity (Wildman–Crippen MR) is 100 cm³/mol. The average Bonchev–Trinajstić information content (AvgIpc) is 2.71. The van der Waals surface area contributed by atoms with Gasteiger partial charge in [0, 0.05) is 17.7 Å². The molecule has 8 nitrogen and oxygen atoms in total. The molecule has 144 valence electrons. The van der Waals surface area contributed by atoms with Crippen molar-refractivity contribution in [3.8, 4) is 23.0 Å². The zero-order valence-electron chi connectivity index (χ0n) is 15.6. The first-order valence-electron chi connectivity index (χ1n) is 8.03. The Labute approximate surface area is 157 Å².